The Labute approximate surface area is 179 Å². The molecule has 0 bridgehead atoms. The molecule has 1 saturated carbocycles. The van der Waals surface area contributed by atoms with Gasteiger partial charge in [-0.15, -0.1) is 13.2 Å². The number of hydrogen-bond donors (Lipinski definition) is 0. The van der Waals surface area contributed by atoms with Gasteiger partial charge in [0, 0.05) is 23.0 Å². The van der Waals surface area contributed by atoms with Crippen molar-refractivity contribution >= 4 is 39.1 Å². The summed E-state index contributed by atoms with van der Waals surface area (Å²) in [7, 11) is 0. The molecular weight excluding hydrogens is 471 g/mol. The fourth-order valence-electron chi connectivity index (χ4n) is 4.44. The van der Waals surface area contributed by atoms with E-state index in [9.17, 15) is 18.0 Å². The molecule has 2 aromatic carbocycles. The van der Waals surface area contributed by atoms with Gasteiger partial charge in [0.1, 0.15) is 10.6 Å². The molecule has 4 rings (SSSR count). The van der Waals surface area contributed by atoms with Crippen LogP contribution in [0.2, 0.25) is 5.02 Å². The predicted octanol–water partition coefficient (Wildman–Crippen LogP) is 6.53. The smallest absolute Gasteiger partial charge is 0.406 e. The van der Waals surface area contributed by atoms with E-state index in [-0.39, 0.29) is 17.1 Å². The normalized spacial score (nSPS) is 18.7. The van der Waals surface area contributed by atoms with Crippen molar-refractivity contribution in [3.8, 4) is 5.75 Å². The number of carbonyl (C=O) groups is 1. The molecule has 0 N–H and O–H groups in total. The highest BCUT2D eigenvalue weighted by Gasteiger charge is 2.47. The van der Waals surface area contributed by atoms with Crippen LogP contribution in [0.4, 0.5) is 18.9 Å². The van der Waals surface area contributed by atoms with Gasteiger partial charge >= 0.3 is 6.36 Å². The average Bonchev–Trinajstić information content (AvgIpc) is 3.26. The second-order valence-electron chi connectivity index (χ2n) is 7.55. The molecule has 1 aliphatic heterocycles. The van der Waals surface area contributed by atoms with E-state index >= 15 is 0 Å². The molecule has 8 heteroatoms. The van der Waals surface area contributed by atoms with Crippen LogP contribution in [0, 0.1) is 0 Å². The number of benzene rings is 2. The average molecular weight is 489 g/mol. The van der Waals surface area contributed by atoms with Crippen LogP contribution in [0.3, 0.4) is 0 Å². The summed E-state index contributed by atoms with van der Waals surface area (Å²) in [5.41, 5.74) is 1.95. The Bertz CT molecular complexity index is 927. The van der Waals surface area contributed by atoms with E-state index in [1.807, 2.05) is 0 Å². The minimum absolute atomic E-state index is 0.200. The third-order valence-corrected chi connectivity index (χ3v) is 6.90. The van der Waals surface area contributed by atoms with E-state index in [0.29, 0.717) is 17.3 Å². The quantitative estimate of drug-likeness (QED) is 0.460. The largest absolute Gasteiger partial charge is 0.573 e. The maximum absolute atomic E-state index is 13.3. The summed E-state index contributed by atoms with van der Waals surface area (Å²) in [6.07, 6.45) is -0.878. The van der Waals surface area contributed by atoms with Gasteiger partial charge in [-0.25, -0.2) is 0 Å². The van der Waals surface area contributed by atoms with Crippen LogP contribution < -0.4 is 9.64 Å². The summed E-state index contributed by atoms with van der Waals surface area (Å²) in [6.45, 7) is 0.465. The second kappa shape index (κ2) is 7.51. The molecule has 1 amide bonds. The van der Waals surface area contributed by atoms with Gasteiger partial charge in [0.25, 0.3) is 0 Å². The van der Waals surface area contributed by atoms with Gasteiger partial charge in [0.05, 0.1) is 5.69 Å². The van der Waals surface area contributed by atoms with Crippen LogP contribution in [0.5, 0.6) is 5.75 Å². The standard InChI is InChI=1S/C21H18BrClF3NO2/c22-18(13-3-5-14(23)6-4-13)19(28)27-12-20(9-1-2-10-20)16-8-7-15(11-17(16)27)29-21(24,25)26/h3-8,11,18H,1-2,9-10,12H2. The molecule has 2 aliphatic rings. The molecule has 154 valence electrons. The molecule has 1 atom stereocenters. The number of rotatable bonds is 3. The topological polar surface area (TPSA) is 29.5 Å². The minimum Gasteiger partial charge on any atom is -0.406 e. The first-order valence-corrected chi connectivity index (χ1v) is 10.6. The summed E-state index contributed by atoms with van der Waals surface area (Å²) in [4.78, 5) is 14.3. The molecule has 1 aliphatic carbocycles. The number of halogens is 5. The number of hydrogen-bond acceptors (Lipinski definition) is 2. The van der Waals surface area contributed by atoms with Crippen molar-refractivity contribution in [1.29, 1.82) is 0 Å². The van der Waals surface area contributed by atoms with Crippen LogP contribution in [0.1, 0.15) is 41.6 Å². The monoisotopic (exact) mass is 487 g/mol. The van der Waals surface area contributed by atoms with E-state index in [0.717, 1.165) is 36.8 Å². The third kappa shape index (κ3) is 3.99. The fraction of sp³-hybridized carbons (Fsp3) is 0.381. The summed E-state index contributed by atoms with van der Waals surface area (Å²) >= 11 is 9.38. The number of carbonyl (C=O) groups excluding carboxylic acids is 1. The molecule has 0 radical (unpaired) electrons. The number of anilines is 1. The van der Waals surface area contributed by atoms with Crippen molar-refractivity contribution in [3.63, 3.8) is 0 Å². The zero-order valence-corrected chi connectivity index (χ0v) is 17.6. The number of amides is 1. The van der Waals surface area contributed by atoms with Crippen LogP contribution in [-0.4, -0.2) is 18.8 Å². The maximum Gasteiger partial charge on any atom is 0.573 e. The lowest BCUT2D eigenvalue weighted by Gasteiger charge is -2.26. The Morgan fingerprint density at radius 2 is 1.79 bits per heavy atom. The Morgan fingerprint density at radius 1 is 1.14 bits per heavy atom. The van der Waals surface area contributed by atoms with Gasteiger partial charge in [-0.05, 0) is 42.2 Å². The van der Waals surface area contributed by atoms with Gasteiger partial charge in [-0.3, -0.25) is 4.79 Å². The van der Waals surface area contributed by atoms with Gasteiger partial charge < -0.3 is 9.64 Å². The highest BCUT2D eigenvalue weighted by atomic mass is 79.9. The van der Waals surface area contributed by atoms with Gasteiger partial charge in [0.15, 0.2) is 0 Å². The zero-order valence-electron chi connectivity index (χ0n) is 15.3. The summed E-state index contributed by atoms with van der Waals surface area (Å²) in [5, 5.41) is 0.561. The van der Waals surface area contributed by atoms with Gasteiger partial charge in [-0.2, -0.15) is 0 Å². The number of ether oxygens (including phenoxy) is 1. The van der Waals surface area contributed by atoms with Crippen molar-refractivity contribution in [2.45, 2.75) is 42.3 Å². The first kappa shape index (κ1) is 20.5. The van der Waals surface area contributed by atoms with Crippen LogP contribution in [0.15, 0.2) is 42.5 Å². The van der Waals surface area contributed by atoms with Gasteiger partial charge in [-0.1, -0.05) is 58.6 Å². The van der Waals surface area contributed by atoms with Crippen LogP contribution in [-0.2, 0) is 10.2 Å². The Morgan fingerprint density at radius 3 is 2.41 bits per heavy atom. The molecule has 1 unspecified atom stereocenters. The Kier molecular flexibility index (Phi) is 5.32. The molecule has 2 aromatic rings. The van der Waals surface area contributed by atoms with E-state index < -0.39 is 11.2 Å². The van der Waals surface area contributed by atoms with Gasteiger partial charge in [0.2, 0.25) is 5.91 Å². The summed E-state index contributed by atoms with van der Waals surface area (Å²) < 4.78 is 42.2. The second-order valence-corrected chi connectivity index (χ2v) is 8.90. The first-order valence-electron chi connectivity index (χ1n) is 9.30. The Balaban J connectivity index is 1.70. The third-order valence-electron chi connectivity index (χ3n) is 5.73. The molecule has 3 nitrogen and oxygen atoms in total. The molecule has 1 heterocycles. The molecule has 1 spiro atoms. The van der Waals surface area contributed by atoms with Crippen molar-refractivity contribution in [1.82, 2.24) is 0 Å². The molecule has 1 fully saturated rings. The van der Waals surface area contributed by atoms with E-state index in [2.05, 4.69) is 20.7 Å². The zero-order chi connectivity index (χ0) is 20.8. The van der Waals surface area contributed by atoms with Crippen LogP contribution >= 0.6 is 27.5 Å². The van der Waals surface area contributed by atoms with Crippen molar-refractivity contribution in [2.24, 2.45) is 0 Å². The molecular formula is C21H18BrClF3NO2. The Hall–Kier alpha value is -1.73. The van der Waals surface area contributed by atoms with E-state index in [4.69, 9.17) is 11.6 Å². The maximum atomic E-state index is 13.3. The number of fused-ring (bicyclic) bond motifs is 2. The molecule has 0 saturated heterocycles. The van der Waals surface area contributed by atoms with Crippen molar-refractivity contribution in [3.05, 3.63) is 58.6 Å². The lowest BCUT2D eigenvalue weighted by Crippen LogP contribution is -2.37. The number of alkyl halides is 4. The first-order chi connectivity index (χ1) is 13.7. The van der Waals surface area contributed by atoms with E-state index in [1.165, 1.54) is 12.1 Å². The lowest BCUT2D eigenvalue weighted by atomic mass is 9.81. The predicted molar refractivity (Wildman–Crippen MR) is 109 cm³/mol. The SMILES string of the molecule is O=C(C(Br)c1ccc(Cl)cc1)N1CC2(CCCC2)c2ccc(OC(F)(F)F)cc21. The molecule has 29 heavy (non-hydrogen) atoms. The molecule has 0 aromatic heterocycles. The highest BCUT2D eigenvalue weighted by Crippen LogP contribution is 2.52. The summed E-state index contributed by atoms with van der Waals surface area (Å²) in [6, 6.07) is 11.3. The van der Waals surface area contributed by atoms with E-state index in [1.54, 1.807) is 35.2 Å². The fourth-order valence-corrected chi connectivity index (χ4v) is 5.12. The van der Waals surface area contributed by atoms with Crippen LogP contribution in [0.25, 0.3) is 0 Å². The highest BCUT2D eigenvalue weighted by molar-refractivity contribution is 9.09. The summed E-state index contributed by atoms with van der Waals surface area (Å²) in [5.74, 6) is -0.539. The van der Waals surface area contributed by atoms with Crippen molar-refractivity contribution < 1.29 is 22.7 Å². The number of nitrogens with zero attached hydrogens (tertiary/aromatic N) is 1. The van der Waals surface area contributed by atoms with Crippen molar-refractivity contribution in [2.75, 3.05) is 11.4 Å². The lowest BCUT2D eigenvalue weighted by molar-refractivity contribution is -0.274. The minimum atomic E-state index is -4.78.